The van der Waals surface area contributed by atoms with E-state index in [0.29, 0.717) is 5.02 Å². The third-order valence-electron chi connectivity index (χ3n) is 5.35. The van der Waals surface area contributed by atoms with Crippen molar-refractivity contribution in [1.29, 1.82) is 0 Å². The van der Waals surface area contributed by atoms with Crippen molar-refractivity contribution in [3.05, 3.63) is 64.9 Å². The first-order chi connectivity index (χ1) is 13.1. The Morgan fingerprint density at radius 2 is 2.00 bits per heavy atom. The molecule has 4 rings (SSSR count). The van der Waals surface area contributed by atoms with Gasteiger partial charge in [-0.1, -0.05) is 42.6 Å². The van der Waals surface area contributed by atoms with Gasteiger partial charge < -0.3 is 5.32 Å². The first-order valence-electron chi connectivity index (χ1n) is 9.00. The van der Waals surface area contributed by atoms with Crippen LogP contribution in [0.5, 0.6) is 0 Å². The number of nitrogens with one attached hydrogen (secondary N) is 1. The number of anilines is 1. The van der Waals surface area contributed by atoms with Crippen molar-refractivity contribution in [3.63, 3.8) is 0 Å². The summed E-state index contributed by atoms with van der Waals surface area (Å²) in [6.07, 6.45) is 5.24. The highest BCUT2D eigenvalue weighted by Gasteiger charge is 2.42. The van der Waals surface area contributed by atoms with Crippen LogP contribution in [-0.4, -0.2) is 26.1 Å². The van der Waals surface area contributed by atoms with Crippen LogP contribution in [0.15, 0.2) is 48.8 Å². The molecule has 1 aromatic heterocycles. The van der Waals surface area contributed by atoms with Gasteiger partial charge in [0.1, 0.15) is 6.33 Å². The van der Waals surface area contributed by atoms with Gasteiger partial charge in [0.05, 0.1) is 11.1 Å². The minimum absolute atomic E-state index is 0.0132. The lowest BCUT2D eigenvalue weighted by molar-refractivity contribution is -0.121. The van der Waals surface area contributed by atoms with Gasteiger partial charge in [0.2, 0.25) is 5.91 Å². The summed E-state index contributed by atoms with van der Waals surface area (Å²) in [6.45, 7) is 1.97. The van der Waals surface area contributed by atoms with Gasteiger partial charge in [-0.25, -0.2) is 4.68 Å². The van der Waals surface area contributed by atoms with Crippen LogP contribution in [0.4, 0.5) is 5.69 Å². The molecule has 0 aliphatic heterocycles. The summed E-state index contributed by atoms with van der Waals surface area (Å²) in [5.41, 5.74) is 2.99. The molecule has 0 spiro atoms. The van der Waals surface area contributed by atoms with Crippen molar-refractivity contribution in [3.8, 4) is 5.69 Å². The maximum Gasteiger partial charge on any atom is 0.235 e. The predicted octanol–water partition coefficient (Wildman–Crippen LogP) is 4.07. The van der Waals surface area contributed by atoms with Crippen LogP contribution in [0.3, 0.4) is 0 Å². The molecule has 0 unspecified atom stereocenters. The Morgan fingerprint density at radius 1 is 1.19 bits per heavy atom. The number of aromatic nitrogens is 4. The molecule has 0 bridgehead atoms. The number of hydrogen-bond acceptors (Lipinski definition) is 4. The summed E-state index contributed by atoms with van der Waals surface area (Å²) >= 11 is 6.20. The highest BCUT2D eigenvalue weighted by Crippen LogP contribution is 2.43. The minimum atomic E-state index is -0.540. The highest BCUT2D eigenvalue weighted by atomic mass is 35.5. The van der Waals surface area contributed by atoms with E-state index >= 15 is 0 Å². The summed E-state index contributed by atoms with van der Waals surface area (Å²) in [4.78, 5) is 13.4. The lowest BCUT2D eigenvalue weighted by Gasteiger charge is -2.29. The fraction of sp³-hybridized carbons (Fsp3) is 0.300. The molecular formula is C20H20ClN5O. The molecule has 1 fully saturated rings. The zero-order valence-corrected chi connectivity index (χ0v) is 15.8. The van der Waals surface area contributed by atoms with Gasteiger partial charge in [-0.3, -0.25) is 4.79 Å². The van der Waals surface area contributed by atoms with Crippen molar-refractivity contribution in [2.75, 3.05) is 5.32 Å². The van der Waals surface area contributed by atoms with E-state index < -0.39 is 5.41 Å². The molecule has 1 N–H and O–H groups in total. The molecule has 2 aromatic carbocycles. The minimum Gasteiger partial charge on any atom is -0.325 e. The third kappa shape index (κ3) is 3.32. The molecule has 0 saturated heterocycles. The number of benzene rings is 2. The molecule has 0 atom stereocenters. The van der Waals surface area contributed by atoms with Crippen LogP contribution in [0.25, 0.3) is 5.69 Å². The number of amides is 1. The standard InChI is InChI=1S/C20H20ClN5O/c1-14-7-8-17(26-13-22-24-25-26)12-18(14)23-19(27)20(9-2-3-10-20)15-5-4-6-16(21)11-15/h4-8,11-13H,2-3,9-10H2,1H3,(H,23,27). The number of aryl methyl sites for hydroxylation is 1. The Kier molecular flexibility index (Phi) is 4.66. The van der Waals surface area contributed by atoms with Crippen molar-refractivity contribution >= 4 is 23.2 Å². The molecule has 1 aliphatic rings. The van der Waals surface area contributed by atoms with E-state index in [-0.39, 0.29) is 5.91 Å². The molecule has 3 aromatic rings. The van der Waals surface area contributed by atoms with Gasteiger partial charge in [0.15, 0.2) is 0 Å². The average molecular weight is 382 g/mol. The monoisotopic (exact) mass is 381 g/mol. The SMILES string of the molecule is Cc1ccc(-n2cnnn2)cc1NC(=O)C1(c2cccc(Cl)c2)CCCC1. The van der Waals surface area contributed by atoms with E-state index in [0.717, 1.165) is 48.2 Å². The van der Waals surface area contributed by atoms with Gasteiger partial charge in [0, 0.05) is 10.7 Å². The second-order valence-corrected chi connectivity index (χ2v) is 7.44. The second kappa shape index (κ2) is 7.12. The molecule has 138 valence electrons. The van der Waals surface area contributed by atoms with E-state index in [2.05, 4.69) is 20.8 Å². The van der Waals surface area contributed by atoms with Gasteiger partial charge in [-0.05, 0) is 65.6 Å². The lowest BCUT2D eigenvalue weighted by Crippen LogP contribution is -2.38. The first kappa shape index (κ1) is 17.7. The number of carbonyl (C=O) groups excluding carboxylic acids is 1. The molecule has 1 saturated carbocycles. The van der Waals surface area contributed by atoms with Crippen LogP contribution in [0, 0.1) is 6.92 Å². The number of rotatable bonds is 4. The second-order valence-electron chi connectivity index (χ2n) is 7.01. The molecule has 1 heterocycles. The van der Waals surface area contributed by atoms with E-state index in [1.165, 1.54) is 6.33 Å². The fourth-order valence-electron chi connectivity index (χ4n) is 3.82. The van der Waals surface area contributed by atoms with E-state index in [4.69, 9.17) is 11.6 Å². The van der Waals surface area contributed by atoms with E-state index in [1.807, 2.05) is 49.4 Å². The Bertz CT molecular complexity index is 964. The Hall–Kier alpha value is -2.73. The van der Waals surface area contributed by atoms with Crippen molar-refractivity contribution in [1.82, 2.24) is 20.2 Å². The quantitative estimate of drug-likeness (QED) is 0.739. The third-order valence-corrected chi connectivity index (χ3v) is 5.59. The molecular weight excluding hydrogens is 362 g/mol. The number of nitrogens with zero attached hydrogens (tertiary/aromatic N) is 4. The summed E-state index contributed by atoms with van der Waals surface area (Å²) in [7, 11) is 0. The van der Waals surface area contributed by atoms with Gasteiger partial charge in [-0.15, -0.1) is 5.10 Å². The largest absolute Gasteiger partial charge is 0.325 e. The van der Waals surface area contributed by atoms with Gasteiger partial charge in [-0.2, -0.15) is 0 Å². The zero-order chi connectivity index (χ0) is 18.9. The van der Waals surface area contributed by atoms with Crippen molar-refractivity contribution in [2.45, 2.75) is 38.0 Å². The smallest absolute Gasteiger partial charge is 0.235 e. The molecule has 1 aliphatic carbocycles. The summed E-state index contributed by atoms with van der Waals surface area (Å²) in [6, 6.07) is 13.4. The van der Waals surface area contributed by atoms with Crippen LogP contribution >= 0.6 is 11.6 Å². The van der Waals surface area contributed by atoms with Crippen LogP contribution in [0.2, 0.25) is 5.02 Å². The Labute approximate surface area is 162 Å². The molecule has 6 nitrogen and oxygen atoms in total. The predicted molar refractivity (Wildman–Crippen MR) is 104 cm³/mol. The fourth-order valence-corrected chi connectivity index (χ4v) is 4.01. The number of tetrazole rings is 1. The average Bonchev–Trinajstić information content (AvgIpc) is 3.36. The maximum absolute atomic E-state index is 13.4. The van der Waals surface area contributed by atoms with E-state index in [1.54, 1.807) is 4.68 Å². The molecule has 27 heavy (non-hydrogen) atoms. The highest BCUT2D eigenvalue weighted by molar-refractivity contribution is 6.30. The first-order valence-corrected chi connectivity index (χ1v) is 9.38. The van der Waals surface area contributed by atoms with Crippen LogP contribution in [0.1, 0.15) is 36.8 Å². The number of halogens is 1. The summed E-state index contributed by atoms with van der Waals surface area (Å²) in [5.74, 6) is 0.0132. The number of hydrogen-bond donors (Lipinski definition) is 1. The zero-order valence-electron chi connectivity index (χ0n) is 15.0. The maximum atomic E-state index is 13.4. The summed E-state index contributed by atoms with van der Waals surface area (Å²) < 4.78 is 1.57. The Balaban J connectivity index is 1.67. The topological polar surface area (TPSA) is 72.7 Å². The van der Waals surface area contributed by atoms with Crippen molar-refractivity contribution in [2.24, 2.45) is 0 Å². The van der Waals surface area contributed by atoms with Crippen molar-refractivity contribution < 1.29 is 4.79 Å². The van der Waals surface area contributed by atoms with Crippen LogP contribution in [-0.2, 0) is 10.2 Å². The number of carbonyl (C=O) groups is 1. The van der Waals surface area contributed by atoms with E-state index in [9.17, 15) is 4.79 Å². The lowest BCUT2D eigenvalue weighted by atomic mass is 9.78. The van der Waals surface area contributed by atoms with Crippen LogP contribution < -0.4 is 5.32 Å². The molecule has 0 radical (unpaired) electrons. The normalized spacial score (nSPS) is 15.6. The summed E-state index contributed by atoms with van der Waals surface area (Å²) in [5, 5.41) is 15.1. The molecule has 1 amide bonds. The van der Waals surface area contributed by atoms with Gasteiger partial charge >= 0.3 is 0 Å². The molecule has 7 heteroatoms. The van der Waals surface area contributed by atoms with Gasteiger partial charge in [0.25, 0.3) is 0 Å². The Morgan fingerprint density at radius 3 is 2.70 bits per heavy atom.